The second kappa shape index (κ2) is 13.4. The highest BCUT2D eigenvalue weighted by atomic mass is 127. The lowest BCUT2D eigenvalue weighted by atomic mass is 9.97. The first-order valence-electron chi connectivity index (χ1n) is 11.2. The van der Waals surface area contributed by atoms with Gasteiger partial charge in [0, 0.05) is 38.8 Å². The first-order valence-corrected chi connectivity index (χ1v) is 11.2. The number of rotatable bonds is 8. The minimum Gasteiger partial charge on any atom is -0.356 e. The van der Waals surface area contributed by atoms with E-state index in [2.05, 4.69) is 62.7 Å². The van der Waals surface area contributed by atoms with Gasteiger partial charge in [0.25, 0.3) is 0 Å². The Labute approximate surface area is 194 Å². The molecule has 2 heterocycles. The molecule has 0 bridgehead atoms. The molecule has 5 nitrogen and oxygen atoms in total. The van der Waals surface area contributed by atoms with Crippen LogP contribution in [0.25, 0.3) is 0 Å². The second-order valence-corrected chi connectivity index (χ2v) is 8.43. The van der Waals surface area contributed by atoms with Gasteiger partial charge in [-0.3, -0.25) is 9.89 Å². The number of piperidine rings is 1. The number of guanidine groups is 1. The minimum atomic E-state index is 0. The fraction of sp³-hybridized carbons (Fsp3) is 0.696. The van der Waals surface area contributed by atoms with Gasteiger partial charge in [-0.1, -0.05) is 30.3 Å². The van der Waals surface area contributed by atoms with Gasteiger partial charge in [-0.25, -0.2) is 0 Å². The molecule has 0 radical (unpaired) electrons. The van der Waals surface area contributed by atoms with E-state index in [1.165, 1.54) is 63.7 Å². The van der Waals surface area contributed by atoms with Crippen LogP contribution in [0.1, 0.15) is 51.0 Å². The lowest BCUT2D eigenvalue weighted by Crippen LogP contribution is -2.51. The molecule has 2 unspecified atom stereocenters. The summed E-state index contributed by atoms with van der Waals surface area (Å²) in [7, 11) is 1.88. The van der Waals surface area contributed by atoms with Gasteiger partial charge in [0.05, 0.1) is 0 Å². The van der Waals surface area contributed by atoms with Crippen LogP contribution < -0.4 is 10.6 Å². The predicted octanol–water partition coefficient (Wildman–Crippen LogP) is 3.70. The smallest absolute Gasteiger partial charge is 0.191 e. The van der Waals surface area contributed by atoms with E-state index in [4.69, 9.17) is 0 Å². The van der Waals surface area contributed by atoms with Gasteiger partial charge in [0.1, 0.15) is 0 Å². The van der Waals surface area contributed by atoms with Crippen LogP contribution >= 0.6 is 24.0 Å². The van der Waals surface area contributed by atoms with E-state index in [1.54, 1.807) is 0 Å². The number of aliphatic imine (C=N–C) groups is 1. The molecular formula is C23H40IN5. The molecule has 2 aliphatic heterocycles. The third-order valence-electron chi connectivity index (χ3n) is 6.20. The molecule has 0 aromatic heterocycles. The maximum Gasteiger partial charge on any atom is 0.191 e. The highest BCUT2D eigenvalue weighted by Gasteiger charge is 2.25. The quantitative estimate of drug-likeness (QED) is 0.241. The predicted molar refractivity (Wildman–Crippen MR) is 134 cm³/mol. The molecule has 0 spiro atoms. The minimum absolute atomic E-state index is 0. The first-order chi connectivity index (χ1) is 13.7. The third kappa shape index (κ3) is 8.42. The van der Waals surface area contributed by atoms with Crippen molar-refractivity contribution in [3.8, 4) is 0 Å². The Morgan fingerprint density at radius 1 is 1.10 bits per heavy atom. The van der Waals surface area contributed by atoms with Crippen LogP contribution in [-0.4, -0.2) is 67.6 Å². The zero-order valence-electron chi connectivity index (χ0n) is 18.3. The summed E-state index contributed by atoms with van der Waals surface area (Å²) in [6, 6.07) is 11.9. The summed E-state index contributed by atoms with van der Waals surface area (Å²) in [5.74, 6) is 0.967. The van der Waals surface area contributed by atoms with E-state index < -0.39 is 0 Å². The Balaban J connectivity index is 0.00000300. The zero-order valence-corrected chi connectivity index (χ0v) is 20.6. The summed E-state index contributed by atoms with van der Waals surface area (Å²) >= 11 is 0. The molecule has 3 rings (SSSR count). The van der Waals surface area contributed by atoms with Crippen LogP contribution in [0.15, 0.2) is 35.3 Å². The van der Waals surface area contributed by atoms with E-state index in [0.29, 0.717) is 12.1 Å². The van der Waals surface area contributed by atoms with Gasteiger partial charge in [-0.15, -0.1) is 24.0 Å². The molecule has 2 fully saturated rings. The van der Waals surface area contributed by atoms with Crippen LogP contribution in [0, 0.1) is 0 Å². The number of hydrogen-bond donors (Lipinski definition) is 2. The fourth-order valence-electron chi connectivity index (χ4n) is 4.47. The number of likely N-dealkylation sites (tertiary alicyclic amines) is 2. The van der Waals surface area contributed by atoms with Gasteiger partial charge in [0.2, 0.25) is 0 Å². The van der Waals surface area contributed by atoms with Crippen molar-refractivity contribution in [2.24, 2.45) is 4.99 Å². The van der Waals surface area contributed by atoms with Crippen LogP contribution in [0.3, 0.4) is 0 Å². The monoisotopic (exact) mass is 513 g/mol. The van der Waals surface area contributed by atoms with Crippen molar-refractivity contribution in [1.29, 1.82) is 0 Å². The summed E-state index contributed by atoms with van der Waals surface area (Å²) in [5, 5.41) is 7.17. The van der Waals surface area contributed by atoms with Crippen molar-refractivity contribution >= 4 is 29.9 Å². The fourth-order valence-corrected chi connectivity index (χ4v) is 4.47. The molecule has 2 N–H and O–H groups in total. The largest absolute Gasteiger partial charge is 0.356 e. The molecule has 0 saturated carbocycles. The maximum atomic E-state index is 4.44. The molecule has 1 aromatic carbocycles. The number of unbranched alkanes of at least 4 members (excludes halogenated alkanes) is 1. The normalized spacial score (nSPS) is 23.6. The standard InChI is InChI=1S/C23H39N5.HI/c1-20-18-22(12-17-28(20)19-21-10-4-3-5-11-21)26-23(24-2)25-13-6-7-14-27-15-8-9-16-27;/h3-5,10-11,20,22H,6-9,12-19H2,1-2H3,(H2,24,25,26);1H. The summed E-state index contributed by atoms with van der Waals surface area (Å²) < 4.78 is 0. The maximum absolute atomic E-state index is 4.44. The van der Waals surface area contributed by atoms with Gasteiger partial charge in [-0.05, 0) is 70.6 Å². The molecule has 29 heavy (non-hydrogen) atoms. The molecule has 0 aliphatic carbocycles. The molecule has 6 heteroatoms. The van der Waals surface area contributed by atoms with Crippen LogP contribution in [0.2, 0.25) is 0 Å². The number of nitrogens with one attached hydrogen (secondary N) is 2. The van der Waals surface area contributed by atoms with E-state index in [1.807, 2.05) is 7.05 Å². The van der Waals surface area contributed by atoms with Gasteiger partial charge in [0.15, 0.2) is 5.96 Å². The topological polar surface area (TPSA) is 42.9 Å². The van der Waals surface area contributed by atoms with Crippen molar-refractivity contribution < 1.29 is 0 Å². The Hall–Kier alpha value is -0.860. The number of hydrogen-bond acceptors (Lipinski definition) is 3. The number of halogens is 1. The number of benzene rings is 1. The average molecular weight is 514 g/mol. The summed E-state index contributed by atoms with van der Waals surface area (Å²) in [6.45, 7) is 9.42. The molecule has 164 valence electrons. The molecule has 0 amide bonds. The van der Waals surface area contributed by atoms with Crippen molar-refractivity contribution in [3.63, 3.8) is 0 Å². The molecule has 2 aliphatic rings. The highest BCUT2D eigenvalue weighted by Crippen LogP contribution is 2.19. The summed E-state index contributed by atoms with van der Waals surface area (Å²) in [4.78, 5) is 9.63. The van der Waals surface area contributed by atoms with E-state index in [0.717, 1.165) is 25.6 Å². The Morgan fingerprint density at radius 2 is 1.86 bits per heavy atom. The van der Waals surface area contributed by atoms with Gasteiger partial charge < -0.3 is 15.5 Å². The summed E-state index contributed by atoms with van der Waals surface area (Å²) in [5.41, 5.74) is 1.41. The van der Waals surface area contributed by atoms with E-state index in [-0.39, 0.29) is 24.0 Å². The number of nitrogens with zero attached hydrogens (tertiary/aromatic N) is 3. The molecule has 1 aromatic rings. The Bertz CT molecular complexity index is 588. The Kier molecular flexibility index (Phi) is 11.3. The zero-order chi connectivity index (χ0) is 19.6. The molecule has 2 atom stereocenters. The van der Waals surface area contributed by atoms with Gasteiger partial charge >= 0.3 is 0 Å². The molecular weight excluding hydrogens is 473 g/mol. The van der Waals surface area contributed by atoms with Crippen molar-refractivity contribution in [1.82, 2.24) is 20.4 Å². The third-order valence-corrected chi connectivity index (χ3v) is 6.20. The summed E-state index contributed by atoms with van der Waals surface area (Å²) in [6.07, 6.45) is 7.60. The van der Waals surface area contributed by atoms with Crippen molar-refractivity contribution in [2.75, 3.05) is 39.8 Å². The van der Waals surface area contributed by atoms with Crippen LogP contribution in [0.5, 0.6) is 0 Å². The lowest BCUT2D eigenvalue weighted by molar-refractivity contribution is 0.134. The lowest BCUT2D eigenvalue weighted by Gasteiger charge is -2.38. The molecule has 2 saturated heterocycles. The van der Waals surface area contributed by atoms with Gasteiger partial charge in [-0.2, -0.15) is 0 Å². The van der Waals surface area contributed by atoms with Crippen LogP contribution in [-0.2, 0) is 6.54 Å². The highest BCUT2D eigenvalue weighted by molar-refractivity contribution is 14.0. The van der Waals surface area contributed by atoms with E-state index in [9.17, 15) is 0 Å². The first kappa shape index (κ1) is 24.4. The van der Waals surface area contributed by atoms with Crippen molar-refractivity contribution in [3.05, 3.63) is 35.9 Å². The second-order valence-electron chi connectivity index (χ2n) is 8.43. The Morgan fingerprint density at radius 3 is 2.55 bits per heavy atom. The van der Waals surface area contributed by atoms with E-state index >= 15 is 0 Å². The average Bonchev–Trinajstić information content (AvgIpc) is 3.23. The van der Waals surface area contributed by atoms with Crippen molar-refractivity contribution in [2.45, 2.75) is 64.1 Å². The SMILES string of the molecule is CN=C(NCCCCN1CCCC1)NC1CCN(Cc2ccccc2)C(C)C1.I. The van der Waals surface area contributed by atoms with Crippen LogP contribution in [0.4, 0.5) is 0 Å².